The van der Waals surface area contributed by atoms with Crippen LogP contribution in [-0.4, -0.2) is 52.8 Å². The van der Waals surface area contributed by atoms with E-state index in [9.17, 15) is 0 Å². The van der Waals surface area contributed by atoms with E-state index in [2.05, 4.69) is 38.6 Å². The molecule has 1 aromatic carbocycles. The van der Waals surface area contributed by atoms with Gasteiger partial charge in [-0.15, -0.1) is 0 Å². The Kier molecular flexibility index (Phi) is 6.04. The van der Waals surface area contributed by atoms with Crippen LogP contribution >= 0.6 is 12.2 Å². The lowest BCUT2D eigenvalue weighted by Crippen LogP contribution is -2.20. The number of hydrogen-bond donors (Lipinski definition) is 2. The van der Waals surface area contributed by atoms with Crippen LogP contribution in [0.5, 0.6) is 0 Å². The van der Waals surface area contributed by atoms with Crippen molar-refractivity contribution in [3.05, 3.63) is 66.3 Å². The molecule has 0 aliphatic heterocycles. The summed E-state index contributed by atoms with van der Waals surface area (Å²) in [5.41, 5.74) is 3.92. The largest absolute Gasteiger partial charge is 0.497 e. The number of hydrogen-bond acceptors (Lipinski definition) is 6. The Hall–Kier alpha value is -3.52. The molecule has 0 amide bonds. The van der Waals surface area contributed by atoms with Gasteiger partial charge in [-0.1, -0.05) is 18.8 Å². The van der Waals surface area contributed by atoms with Crippen LogP contribution in [0.1, 0.15) is 11.4 Å². The minimum atomic E-state index is 0.444. The molecule has 0 radical (unpaired) electrons. The molecule has 0 atom stereocenters. The molecule has 0 fully saturated rings. The van der Waals surface area contributed by atoms with Crippen molar-refractivity contribution in [1.29, 1.82) is 0 Å². The number of ether oxygens (including phenoxy) is 1. The monoisotopic (exact) mass is 406 g/mol. The number of H-pyrrole nitrogens is 1. The fourth-order valence-electron chi connectivity index (χ4n) is 2.67. The number of aromatic amines is 1. The Labute approximate surface area is 174 Å². The zero-order valence-corrected chi connectivity index (χ0v) is 17.4. The highest BCUT2D eigenvalue weighted by molar-refractivity contribution is 7.80. The molecule has 8 heteroatoms. The Bertz CT molecular complexity index is 1120. The lowest BCUT2D eigenvalue weighted by Gasteiger charge is -2.11. The number of fused-ring (bicyclic) bond motifs is 1. The van der Waals surface area contributed by atoms with Gasteiger partial charge < -0.3 is 19.9 Å². The van der Waals surface area contributed by atoms with E-state index in [1.54, 1.807) is 25.4 Å². The van der Waals surface area contributed by atoms with Crippen LogP contribution in [0, 0.1) is 0 Å². The van der Waals surface area contributed by atoms with Gasteiger partial charge in [0, 0.05) is 43.0 Å². The third kappa shape index (κ3) is 4.67. The number of rotatable bonds is 7. The molecule has 0 bridgehead atoms. The number of aliphatic imine (C=N–C) groups is 1. The first kappa shape index (κ1) is 20.2. The van der Waals surface area contributed by atoms with Gasteiger partial charge in [-0.05, 0) is 37.0 Å². The maximum atomic E-state index is 5.44. The van der Waals surface area contributed by atoms with Crippen molar-refractivity contribution in [3.8, 4) is 0 Å². The summed E-state index contributed by atoms with van der Waals surface area (Å²) in [4.78, 5) is 18.8. The average molecular weight is 407 g/mol. The first-order valence-corrected chi connectivity index (χ1v) is 9.18. The summed E-state index contributed by atoms with van der Waals surface area (Å²) in [6.07, 6.45) is 3.32. The molecule has 29 heavy (non-hydrogen) atoms. The van der Waals surface area contributed by atoms with Crippen LogP contribution in [0.2, 0.25) is 0 Å². The molecule has 0 saturated carbocycles. The van der Waals surface area contributed by atoms with Crippen LogP contribution in [-0.2, 0) is 4.74 Å². The number of anilines is 2. The van der Waals surface area contributed by atoms with E-state index in [1.807, 2.05) is 43.3 Å². The summed E-state index contributed by atoms with van der Waals surface area (Å²) in [5.74, 6) is 0.906. The average Bonchev–Trinajstić information content (AvgIpc) is 3.14. The third-order valence-corrected chi connectivity index (χ3v) is 4.75. The SMILES string of the molecule is C=N/C(=C\C(=C)OC)c1ccnc(Nc2ccc3[nH]c(C(=S)N(C)C)cc3c2)n1. The molecule has 3 aromatic rings. The van der Waals surface area contributed by atoms with E-state index in [4.69, 9.17) is 17.0 Å². The summed E-state index contributed by atoms with van der Waals surface area (Å²) >= 11 is 5.44. The van der Waals surface area contributed by atoms with E-state index in [0.29, 0.717) is 23.1 Å². The molecule has 7 nitrogen and oxygen atoms in total. The van der Waals surface area contributed by atoms with Gasteiger partial charge in [-0.2, -0.15) is 0 Å². The molecule has 148 valence electrons. The number of methoxy groups -OCH3 is 1. The third-order valence-electron chi connectivity index (χ3n) is 4.16. The summed E-state index contributed by atoms with van der Waals surface area (Å²) in [5, 5.41) is 4.26. The van der Waals surface area contributed by atoms with Crippen molar-refractivity contribution >= 4 is 52.2 Å². The molecular formula is C21H22N6OS. The van der Waals surface area contributed by atoms with Crippen LogP contribution in [0.25, 0.3) is 16.6 Å². The normalized spacial score (nSPS) is 11.2. The molecule has 0 spiro atoms. The fraction of sp³-hybridized carbons (Fsp3) is 0.143. The molecule has 3 rings (SSSR count). The van der Waals surface area contributed by atoms with E-state index in [1.165, 1.54) is 0 Å². The van der Waals surface area contributed by atoms with Crippen LogP contribution in [0.4, 0.5) is 11.6 Å². The van der Waals surface area contributed by atoms with E-state index < -0.39 is 0 Å². The minimum absolute atomic E-state index is 0.444. The topological polar surface area (TPSA) is 78.4 Å². The lowest BCUT2D eigenvalue weighted by molar-refractivity contribution is 0.309. The predicted octanol–water partition coefficient (Wildman–Crippen LogP) is 4.14. The number of nitrogens with zero attached hydrogens (tertiary/aromatic N) is 4. The van der Waals surface area contributed by atoms with Crippen molar-refractivity contribution in [1.82, 2.24) is 19.9 Å². The number of benzene rings is 1. The van der Waals surface area contributed by atoms with Gasteiger partial charge in [0.15, 0.2) is 0 Å². The smallest absolute Gasteiger partial charge is 0.227 e. The Morgan fingerprint density at radius 2 is 2.10 bits per heavy atom. The molecule has 2 N–H and O–H groups in total. The zero-order valence-electron chi connectivity index (χ0n) is 16.6. The van der Waals surface area contributed by atoms with Gasteiger partial charge in [0.2, 0.25) is 5.95 Å². The highest BCUT2D eigenvalue weighted by atomic mass is 32.1. The van der Waals surface area contributed by atoms with Crippen LogP contribution in [0.15, 0.2) is 59.9 Å². The van der Waals surface area contributed by atoms with Crippen molar-refractivity contribution in [2.45, 2.75) is 0 Å². The van der Waals surface area contributed by atoms with Crippen molar-refractivity contribution in [2.24, 2.45) is 4.99 Å². The number of nitrogens with one attached hydrogen (secondary N) is 2. The van der Waals surface area contributed by atoms with E-state index in [0.717, 1.165) is 27.3 Å². The number of allylic oxidation sites excluding steroid dienone is 1. The second-order valence-corrected chi connectivity index (χ2v) is 6.82. The maximum absolute atomic E-state index is 5.44. The summed E-state index contributed by atoms with van der Waals surface area (Å²) in [7, 11) is 5.39. The Balaban J connectivity index is 1.87. The maximum Gasteiger partial charge on any atom is 0.227 e. The first-order chi connectivity index (χ1) is 13.9. The quantitative estimate of drug-likeness (QED) is 0.266. The first-order valence-electron chi connectivity index (χ1n) is 8.77. The van der Waals surface area contributed by atoms with Gasteiger partial charge >= 0.3 is 0 Å². The van der Waals surface area contributed by atoms with Crippen molar-refractivity contribution < 1.29 is 4.74 Å². The second-order valence-electron chi connectivity index (χ2n) is 6.43. The molecule has 0 aliphatic rings. The minimum Gasteiger partial charge on any atom is -0.497 e. The van der Waals surface area contributed by atoms with E-state index >= 15 is 0 Å². The van der Waals surface area contributed by atoms with Gasteiger partial charge in [0.1, 0.15) is 10.7 Å². The van der Waals surface area contributed by atoms with Crippen molar-refractivity contribution in [3.63, 3.8) is 0 Å². The van der Waals surface area contributed by atoms with Crippen LogP contribution in [0.3, 0.4) is 0 Å². The molecular weight excluding hydrogens is 384 g/mol. The summed E-state index contributed by atoms with van der Waals surface area (Å²) in [6.45, 7) is 7.36. The molecule has 0 saturated heterocycles. The number of aromatic nitrogens is 3. The molecule has 2 aromatic heterocycles. The van der Waals surface area contributed by atoms with Gasteiger partial charge in [0.05, 0.1) is 24.2 Å². The molecule has 0 aliphatic carbocycles. The zero-order chi connectivity index (χ0) is 21.0. The summed E-state index contributed by atoms with van der Waals surface area (Å²) in [6, 6.07) is 9.73. The van der Waals surface area contributed by atoms with E-state index in [-0.39, 0.29) is 0 Å². The van der Waals surface area contributed by atoms with Crippen LogP contribution < -0.4 is 5.32 Å². The highest BCUT2D eigenvalue weighted by Crippen LogP contribution is 2.23. The Morgan fingerprint density at radius 3 is 2.79 bits per heavy atom. The predicted molar refractivity (Wildman–Crippen MR) is 123 cm³/mol. The second kappa shape index (κ2) is 8.66. The molecule has 0 unspecified atom stereocenters. The van der Waals surface area contributed by atoms with Gasteiger partial charge in [-0.25, -0.2) is 9.97 Å². The Morgan fingerprint density at radius 1 is 1.31 bits per heavy atom. The van der Waals surface area contributed by atoms with Gasteiger partial charge in [0.25, 0.3) is 0 Å². The van der Waals surface area contributed by atoms with Crippen molar-refractivity contribution in [2.75, 3.05) is 26.5 Å². The fourth-order valence-corrected chi connectivity index (χ4v) is 2.78. The van der Waals surface area contributed by atoms with Gasteiger partial charge in [-0.3, -0.25) is 4.99 Å². The highest BCUT2D eigenvalue weighted by Gasteiger charge is 2.09. The number of thiocarbonyl (C=S) groups is 1. The standard InChI is InChI=1S/C21H22N6OS/c1-13(28-5)10-18(22-2)17-8-9-23-21(26-17)24-15-6-7-16-14(11-15)12-19(25-16)20(29)27(3)4/h6-12,25H,1-2H2,3-5H3,(H,23,24,26)/b18-10-. The summed E-state index contributed by atoms with van der Waals surface area (Å²) < 4.78 is 5.07. The molecule has 2 heterocycles. The lowest BCUT2D eigenvalue weighted by atomic mass is 10.2.